The molecule has 0 aliphatic carbocycles. The molecule has 0 saturated heterocycles. The minimum Gasteiger partial charge on any atom is -0.456 e. The van der Waals surface area contributed by atoms with Crippen LogP contribution < -0.4 is 9.80 Å². The van der Waals surface area contributed by atoms with Gasteiger partial charge in [0.25, 0.3) is 0 Å². The molecular formula is C32H29N3O. The number of aryl methyl sites for hydroxylation is 1. The highest BCUT2D eigenvalue weighted by molar-refractivity contribution is 6.09. The highest BCUT2D eigenvalue weighted by Gasteiger charge is 2.59. The van der Waals surface area contributed by atoms with Crippen molar-refractivity contribution in [3.8, 4) is 0 Å². The number of nitrogens with zero attached hydrogens (tertiary/aromatic N) is 3. The minimum atomic E-state index is -0.245. The molecule has 2 aliphatic rings. The fraction of sp³-hybridized carbons (Fsp3) is 0.219. The lowest BCUT2D eigenvalue weighted by molar-refractivity contribution is 0.171. The molecule has 0 spiro atoms. The second kappa shape index (κ2) is 7.01. The third-order valence-corrected chi connectivity index (χ3v) is 8.89. The highest BCUT2D eigenvalue weighted by atomic mass is 16.3. The lowest BCUT2D eigenvalue weighted by Gasteiger charge is -2.56. The lowest BCUT2D eigenvalue weighted by atomic mass is 9.58. The average Bonchev–Trinajstić information content (AvgIpc) is 3.45. The first-order valence-corrected chi connectivity index (χ1v) is 12.6. The third kappa shape index (κ3) is 2.42. The quantitative estimate of drug-likeness (QED) is 0.242. The van der Waals surface area contributed by atoms with E-state index >= 15 is 0 Å². The molecule has 0 bridgehead atoms. The van der Waals surface area contributed by atoms with Gasteiger partial charge in [-0.2, -0.15) is 0 Å². The maximum Gasteiger partial charge on any atom is 0.158 e. The topological polar surface area (TPSA) is 32.5 Å². The van der Waals surface area contributed by atoms with Crippen LogP contribution in [0.3, 0.4) is 0 Å². The Bertz CT molecular complexity index is 1700. The fourth-order valence-corrected chi connectivity index (χ4v) is 6.63. The van der Waals surface area contributed by atoms with Crippen LogP contribution in [-0.4, -0.2) is 11.1 Å². The van der Waals surface area contributed by atoms with Crippen LogP contribution in [0.25, 0.3) is 21.9 Å². The van der Waals surface area contributed by atoms with Crippen molar-refractivity contribution in [1.29, 1.82) is 0 Å². The van der Waals surface area contributed by atoms with Crippen molar-refractivity contribution in [1.82, 2.24) is 4.98 Å². The van der Waals surface area contributed by atoms with Crippen molar-refractivity contribution >= 4 is 44.8 Å². The second-order valence-electron chi connectivity index (χ2n) is 10.8. The summed E-state index contributed by atoms with van der Waals surface area (Å²) in [7, 11) is 0. The summed E-state index contributed by atoms with van der Waals surface area (Å²) in [5, 5.41) is 2.31. The Hall–Kier alpha value is -4.05. The van der Waals surface area contributed by atoms with Gasteiger partial charge in [0.1, 0.15) is 17.3 Å². The molecule has 36 heavy (non-hydrogen) atoms. The van der Waals surface area contributed by atoms with Crippen LogP contribution in [0.2, 0.25) is 0 Å². The molecule has 2 atom stereocenters. The molecule has 0 N–H and O–H groups in total. The SMILES string of the molecule is C=CC1(C)c2ccccc2N2c3cccnc3N(c3ccc4oc5ccccc5c4c3C)C2C1(C)C. The molecule has 0 fully saturated rings. The van der Waals surface area contributed by atoms with Gasteiger partial charge >= 0.3 is 0 Å². The maximum absolute atomic E-state index is 6.21. The summed E-state index contributed by atoms with van der Waals surface area (Å²) < 4.78 is 6.21. The number of anilines is 4. The largest absolute Gasteiger partial charge is 0.456 e. The van der Waals surface area contributed by atoms with Gasteiger partial charge < -0.3 is 14.2 Å². The van der Waals surface area contributed by atoms with Gasteiger partial charge in [0.15, 0.2) is 5.82 Å². The van der Waals surface area contributed by atoms with Crippen LogP contribution in [0.1, 0.15) is 31.9 Å². The highest BCUT2D eigenvalue weighted by Crippen LogP contribution is 2.62. The van der Waals surface area contributed by atoms with Crippen LogP contribution in [0.5, 0.6) is 0 Å². The zero-order valence-corrected chi connectivity index (χ0v) is 21.1. The Morgan fingerprint density at radius 2 is 1.58 bits per heavy atom. The first-order chi connectivity index (χ1) is 17.4. The van der Waals surface area contributed by atoms with Crippen LogP contribution in [0.4, 0.5) is 22.9 Å². The van der Waals surface area contributed by atoms with Crippen LogP contribution in [0.15, 0.2) is 96.1 Å². The van der Waals surface area contributed by atoms with Crippen molar-refractivity contribution < 1.29 is 4.42 Å². The van der Waals surface area contributed by atoms with E-state index in [1.165, 1.54) is 22.2 Å². The number of aromatic nitrogens is 1. The summed E-state index contributed by atoms with van der Waals surface area (Å²) in [6, 6.07) is 25.6. The minimum absolute atomic E-state index is 0.00890. The van der Waals surface area contributed by atoms with Crippen molar-refractivity contribution in [2.24, 2.45) is 5.41 Å². The van der Waals surface area contributed by atoms with E-state index in [0.717, 1.165) is 33.7 Å². The summed E-state index contributed by atoms with van der Waals surface area (Å²) in [6.45, 7) is 13.6. The first-order valence-electron chi connectivity index (χ1n) is 12.6. The third-order valence-electron chi connectivity index (χ3n) is 8.89. The molecular weight excluding hydrogens is 442 g/mol. The molecule has 178 valence electrons. The number of furan rings is 1. The number of benzene rings is 3. The van der Waals surface area contributed by atoms with Crippen molar-refractivity contribution in [2.45, 2.75) is 39.3 Å². The molecule has 4 heteroatoms. The van der Waals surface area contributed by atoms with Gasteiger partial charge in [-0.25, -0.2) is 4.98 Å². The standard InChI is InChI=1S/C32H29N3O/c1-6-32(5)22-13-8-9-14-24(22)34-25-15-11-19-33-29(25)35(30(34)31(32,3)4)23-17-18-27-28(20(23)2)21-12-7-10-16-26(21)36-27/h6-19,30H,1H2,2-5H3. The molecule has 5 aromatic rings. The normalized spacial score (nSPS) is 21.9. The number of hydrogen-bond donors (Lipinski definition) is 0. The van der Waals surface area contributed by atoms with Crippen LogP contribution >= 0.6 is 0 Å². The second-order valence-corrected chi connectivity index (χ2v) is 10.8. The van der Waals surface area contributed by atoms with Gasteiger partial charge in [0.2, 0.25) is 0 Å². The Kier molecular flexibility index (Phi) is 4.14. The van der Waals surface area contributed by atoms with Gasteiger partial charge in [0.05, 0.1) is 5.69 Å². The maximum atomic E-state index is 6.21. The number of fused-ring (bicyclic) bond motifs is 8. The summed E-state index contributed by atoms with van der Waals surface area (Å²) in [6.07, 6.45) is 4.05. The number of allylic oxidation sites excluding steroid dienone is 1. The fourth-order valence-electron chi connectivity index (χ4n) is 6.63. The summed E-state index contributed by atoms with van der Waals surface area (Å²) in [4.78, 5) is 9.89. The van der Waals surface area contributed by atoms with Gasteiger partial charge in [-0.1, -0.05) is 63.2 Å². The average molecular weight is 472 g/mol. The van der Waals surface area contributed by atoms with Gasteiger partial charge in [-0.05, 0) is 54.4 Å². The van der Waals surface area contributed by atoms with Gasteiger partial charge in [0, 0.05) is 39.2 Å². The van der Waals surface area contributed by atoms with Crippen LogP contribution in [0, 0.1) is 12.3 Å². The molecule has 0 saturated carbocycles. The predicted molar refractivity (Wildman–Crippen MR) is 149 cm³/mol. The molecule has 2 aliphatic heterocycles. The molecule has 4 heterocycles. The first kappa shape index (κ1) is 21.3. The molecule has 3 aromatic carbocycles. The number of pyridine rings is 1. The predicted octanol–water partition coefficient (Wildman–Crippen LogP) is 8.39. The molecule has 2 aromatic heterocycles. The zero-order chi connectivity index (χ0) is 24.8. The van der Waals surface area contributed by atoms with E-state index < -0.39 is 0 Å². The van der Waals surface area contributed by atoms with Crippen LogP contribution in [-0.2, 0) is 5.41 Å². The van der Waals surface area contributed by atoms with Gasteiger partial charge in [-0.15, -0.1) is 6.58 Å². The number of hydrogen-bond acceptors (Lipinski definition) is 4. The summed E-state index contributed by atoms with van der Waals surface area (Å²) in [5.74, 6) is 0.981. The number of para-hydroxylation sites is 2. The monoisotopic (exact) mass is 471 g/mol. The van der Waals surface area contributed by atoms with Crippen molar-refractivity contribution in [3.05, 3.63) is 103 Å². The van der Waals surface area contributed by atoms with E-state index in [2.05, 4.69) is 105 Å². The Morgan fingerprint density at radius 3 is 2.42 bits per heavy atom. The van der Waals surface area contributed by atoms with E-state index in [1.807, 2.05) is 24.4 Å². The number of rotatable bonds is 2. The van der Waals surface area contributed by atoms with Crippen molar-refractivity contribution in [3.63, 3.8) is 0 Å². The Labute approximate surface area is 211 Å². The zero-order valence-electron chi connectivity index (χ0n) is 21.1. The molecule has 7 rings (SSSR count). The van der Waals surface area contributed by atoms with Gasteiger partial charge in [-0.3, -0.25) is 0 Å². The summed E-state index contributed by atoms with van der Waals surface area (Å²) in [5.41, 5.74) is 7.38. The van der Waals surface area contributed by atoms with E-state index in [0.29, 0.717) is 0 Å². The van der Waals surface area contributed by atoms with E-state index in [4.69, 9.17) is 9.40 Å². The smallest absolute Gasteiger partial charge is 0.158 e. The Morgan fingerprint density at radius 1 is 0.833 bits per heavy atom. The lowest BCUT2D eigenvalue weighted by Crippen LogP contribution is -2.60. The molecule has 0 amide bonds. The van der Waals surface area contributed by atoms with Crippen molar-refractivity contribution in [2.75, 3.05) is 9.80 Å². The summed E-state index contributed by atoms with van der Waals surface area (Å²) >= 11 is 0. The molecule has 2 unspecified atom stereocenters. The molecule has 0 radical (unpaired) electrons. The van der Waals surface area contributed by atoms with E-state index in [1.54, 1.807) is 0 Å². The molecule has 4 nitrogen and oxygen atoms in total. The van der Waals surface area contributed by atoms with E-state index in [-0.39, 0.29) is 17.0 Å². The Balaban J connectivity index is 1.56. The van der Waals surface area contributed by atoms with E-state index in [9.17, 15) is 0 Å².